The Morgan fingerprint density at radius 1 is 1.27 bits per heavy atom. The van der Waals surface area contributed by atoms with E-state index in [1.807, 2.05) is 19.2 Å². The molecule has 0 N–H and O–H groups in total. The Kier molecular flexibility index (Phi) is 6.63. The van der Waals surface area contributed by atoms with Crippen molar-refractivity contribution < 1.29 is 9.47 Å². The molecule has 26 heavy (non-hydrogen) atoms. The van der Waals surface area contributed by atoms with E-state index in [0.29, 0.717) is 11.8 Å². The number of methoxy groups -OCH3 is 1. The van der Waals surface area contributed by atoms with Gasteiger partial charge in [0.2, 0.25) is 5.88 Å². The van der Waals surface area contributed by atoms with E-state index in [1.165, 1.54) is 0 Å². The maximum absolute atomic E-state index is 6.47. The van der Waals surface area contributed by atoms with Crippen molar-refractivity contribution >= 4 is 28.9 Å². The first-order chi connectivity index (χ1) is 12.6. The summed E-state index contributed by atoms with van der Waals surface area (Å²) in [7, 11) is 1.66. The molecule has 138 valence electrons. The molecule has 0 saturated carbocycles. The molecule has 0 aliphatic carbocycles. The highest BCUT2D eigenvalue weighted by Gasteiger charge is 2.17. The number of hydrogen-bond donors (Lipinski definition) is 0. The number of thioether (sulfide) groups is 1. The van der Waals surface area contributed by atoms with Crippen molar-refractivity contribution in [1.29, 1.82) is 0 Å². The largest absolute Gasteiger partial charge is 0.481 e. The first kappa shape index (κ1) is 19.3. The van der Waals surface area contributed by atoms with E-state index in [0.717, 1.165) is 58.4 Å². The van der Waals surface area contributed by atoms with Crippen molar-refractivity contribution in [3.05, 3.63) is 58.3 Å². The average Bonchev–Trinajstić information content (AvgIpc) is 2.67. The molecule has 2 aromatic rings. The quantitative estimate of drug-likeness (QED) is 0.620. The van der Waals surface area contributed by atoms with Crippen LogP contribution in [0.3, 0.4) is 0 Å². The topological polar surface area (TPSA) is 31.4 Å². The molecule has 1 aliphatic rings. The molecule has 0 amide bonds. The minimum Gasteiger partial charge on any atom is -0.481 e. The molecular weight excluding hydrogens is 366 g/mol. The van der Waals surface area contributed by atoms with Crippen molar-refractivity contribution in [1.82, 2.24) is 4.98 Å². The van der Waals surface area contributed by atoms with Crippen LogP contribution in [0.15, 0.2) is 41.3 Å². The highest BCUT2D eigenvalue weighted by Crippen LogP contribution is 2.33. The second kappa shape index (κ2) is 8.94. The third kappa shape index (κ3) is 4.43. The summed E-state index contributed by atoms with van der Waals surface area (Å²) in [5.41, 5.74) is 4.12. The minimum atomic E-state index is 0.479. The van der Waals surface area contributed by atoms with Crippen molar-refractivity contribution in [3.63, 3.8) is 0 Å². The van der Waals surface area contributed by atoms with Gasteiger partial charge in [0.1, 0.15) is 0 Å². The van der Waals surface area contributed by atoms with Crippen LogP contribution in [0.1, 0.15) is 29.7 Å². The average molecular weight is 390 g/mol. The number of allylic oxidation sites excluding steroid dienone is 1. The molecule has 3 rings (SSSR count). The Hall–Kier alpha value is -1.49. The summed E-state index contributed by atoms with van der Waals surface area (Å²) in [6, 6.07) is 10.3. The number of pyridine rings is 1. The summed E-state index contributed by atoms with van der Waals surface area (Å²) in [6.45, 7) is 3.62. The zero-order chi connectivity index (χ0) is 18.5. The predicted octanol–water partition coefficient (Wildman–Crippen LogP) is 5.63. The van der Waals surface area contributed by atoms with E-state index in [9.17, 15) is 0 Å². The van der Waals surface area contributed by atoms with E-state index in [4.69, 9.17) is 26.1 Å². The molecule has 1 aromatic carbocycles. The van der Waals surface area contributed by atoms with Crippen LogP contribution < -0.4 is 4.74 Å². The summed E-state index contributed by atoms with van der Waals surface area (Å²) in [5.74, 6) is 1.14. The molecule has 0 atom stereocenters. The molecule has 0 bridgehead atoms. The van der Waals surface area contributed by atoms with Gasteiger partial charge in [-0.15, -0.1) is 11.8 Å². The second-order valence-corrected chi connectivity index (χ2v) is 7.66. The summed E-state index contributed by atoms with van der Waals surface area (Å²) < 4.78 is 10.9. The lowest BCUT2D eigenvalue weighted by Gasteiger charge is -2.21. The van der Waals surface area contributed by atoms with Crippen LogP contribution in [-0.2, 0) is 4.74 Å². The van der Waals surface area contributed by atoms with Crippen LogP contribution in [0.5, 0.6) is 5.88 Å². The molecular formula is C21H24ClNO2S. The summed E-state index contributed by atoms with van der Waals surface area (Å²) in [4.78, 5) is 5.81. The maximum atomic E-state index is 6.47. The fourth-order valence-corrected chi connectivity index (χ4v) is 4.02. The minimum absolute atomic E-state index is 0.479. The number of benzene rings is 1. The molecule has 0 unspecified atom stereocenters. The van der Waals surface area contributed by atoms with Crippen LogP contribution in [0.2, 0.25) is 5.02 Å². The zero-order valence-electron chi connectivity index (χ0n) is 15.4. The van der Waals surface area contributed by atoms with Crippen molar-refractivity contribution in [3.8, 4) is 5.88 Å². The van der Waals surface area contributed by atoms with Gasteiger partial charge in [0.15, 0.2) is 0 Å². The fraction of sp³-hybridized carbons (Fsp3) is 0.381. The van der Waals surface area contributed by atoms with Gasteiger partial charge >= 0.3 is 0 Å². The summed E-state index contributed by atoms with van der Waals surface area (Å²) in [5, 5.41) is 0.770. The van der Waals surface area contributed by atoms with E-state index in [1.54, 1.807) is 18.9 Å². The lowest BCUT2D eigenvalue weighted by atomic mass is 9.92. The standard InChI is InChI=1S/C21H24ClNO2S/c1-14-4-6-19(23-21(14)24-2)17(12-15-8-10-25-11-9-15)16-5-7-20(26-3)18(22)13-16/h4-7,12-13,15H,8-11H2,1-3H3. The van der Waals surface area contributed by atoms with Crippen LogP contribution in [-0.4, -0.2) is 31.6 Å². The van der Waals surface area contributed by atoms with Crippen LogP contribution in [0.4, 0.5) is 0 Å². The van der Waals surface area contributed by atoms with E-state index in [-0.39, 0.29) is 0 Å². The molecule has 1 fully saturated rings. The van der Waals surface area contributed by atoms with Gasteiger partial charge in [-0.3, -0.25) is 0 Å². The number of aryl methyl sites for hydroxylation is 1. The number of hydrogen-bond acceptors (Lipinski definition) is 4. The Bertz CT molecular complexity index is 801. The van der Waals surface area contributed by atoms with Crippen molar-refractivity contribution in [2.45, 2.75) is 24.7 Å². The molecule has 5 heteroatoms. The highest BCUT2D eigenvalue weighted by molar-refractivity contribution is 7.98. The van der Waals surface area contributed by atoms with Gasteiger partial charge in [0.05, 0.1) is 17.8 Å². The highest BCUT2D eigenvalue weighted by atomic mass is 35.5. The summed E-state index contributed by atoms with van der Waals surface area (Å²) in [6.07, 6.45) is 6.42. The van der Waals surface area contributed by atoms with Crippen LogP contribution in [0, 0.1) is 12.8 Å². The lowest BCUT2D eigenvalue weighted by Crippen LogP contribution is -2.14. The van der Waals surface area contributed by atoms with Gasteiger partial charge in [-0.05, 0) is 55.7 Å². The first-order valence-electron chi connectivity index (χ1n) is 8.78. The van der Waals surface area contributed by atoms with E-state index < -0.39 is 0 Å². The van der Waals surface area contributed by atoms with Crippen LogP contribution >= 0.6 is 23.4 Å². The van der Waals surface area contributed by atoms with Crippen LogP contribution in [0.25, 0.3) is 5.57 Å². The Morgan fingerprint density at radius 2 is 2.04 bits per heavy atom. The number of rotatable bonds is 5. The molecule has 1 saturated heterocycles. The van der Waals surface area contributed by atoms with Crippen molar-refractivity contribution in [2.24, 2.45) is 5.92 Å². The number of halogens is 1. The SMILES string of the molecule is COc1nc(C(=CC2CCOCC2)c2ccc(SC)c(Cl)c2)ccc1C. The normalized spacial score (nSPS) is 15.9. The van der Waals surface area contributed by atoms with Gasteiger partial charge in [0, 0.05) is 29.2 Å². The number of aromatic nitrogens is 1. The molecule has 0 radical (unpaired) electrons. The van der Waals surface area contributed by atoms with Crippen molar-refractivity contribution in [2.75, 3.05) is 26.6 Å². The Labute approximate surface area is 164 Å². The number of ether oxygens (including phenoxy) is 2. The molecule has 1 aliphatic heterocycles. The van der Waals surface area contributed by atoms with E-state index in [2.05, 4.69) is 30.3 Å². The van der Waals surface area contributed by atoms with Gasteiger partial charge in [0.25, 0.3) is 0 Å². The van der Waals surface area contributed by atoms with Gasteiger partial charge < -0.3 is 9.47 Å². The molecule has 0 spiro atoms. The molecule has 3 nitrogen and oxygen atoms in total. The zero-order valence-corrected chi connectivity index (χ0v) is 17.0. The lowest BCUT2D eigenvalue weighted by molar-refractivity contribution is 0.0786. The Morgan fingerprint density at radius 3 is 2.69 bits per heavy atom. The monoisotopic (exact) mass is 389 g/mol. The van der Waals surface area contributed by atoms with Gasteiger partial charge in [-0.2, -0.15) is 0 Å². The van der Waals surface area contributed by atoms with Gasteiger partial charge in [-0.1, -0.05) is 29.8 Å². The smallest absolute Gasteiger partial charge is 0.216 e. The maximum Gasteiger partial charge on any atom is 0.216 e. The van der Waals surface area contributed by atoms with E-state index >= 15 is 0 Å². The molecule has 1 aromatic heterocycles. The third-order valence-corrected chi connectivity index (χ3v) is 5.87. The first-order valence-corrected chi connectivity index (χ1v) is 10.4. The molecule has 2 heterocycles. The number of nitrogens with zero attached hydrogens (tertiary/aromatic N) is 1. The Balaban J connectivity index is 2.07. The predicted molar refractivity (Wildman–Crippen MR) is 109 cm³/mol. The fourth-order valence-electron chi connectivity index (χ4n) is 3.15. The third-order valence-electron chi connectivity index (χ3n) is 4.65. The van der Waals surface area contributed by atoms with Gasteiger partial charge in [-0.25, -0.2) is 4.98 Å². The summed E-state index contributed by atoms with van der Waals surface area (Å²) >= 11 is 8.13. The second-order valence-electron chi connectivity index (χ2n) is 6.40.